The van der Waals surface area contributed by atoms with Crippen molar-refractivity contribution in [3.8, 4) is 0 Å². The molecule has 0 bridgehead atoms. The van der Waals surface area contributed by atoms with Gasteiger partial charge in [0.1, 0.15) is 0 Å². The summed E-state index contributed by atoms with van der Waals surface area (Å²) in [5.41, 5.74) is 1.44. The summed E-state index contributed by atoms with van der Waals surface area (Å²) < 4.78 is 5.31. The van der Waals surface area contributed by atoms with Gasteiger partial charge in [0.05, 0.1) is 19.8 Å². The fourth-order valence-corrected chi connectivity index (χ4v) is 4.03. The fourth-order valence-electron chi connectivity index (χ4n) is 3.35. The number of amides is 1. The van der Waals surface area contributed by atoms with Crippen LogP contribution in [0.1, 0.15) is 12.5 Å². The Hall–Kier alpha value is -0.950. The zero-order valence-corrected chi connectivity index (χ0v) is 14.8. The Morgan fingerprint density at radius 1 is 1.22 bits per heavy atom. The molecule has 0 N–H and O–H groups in total. The van der Waals surface area contributed by atoms with E-state index in [1.54, 1.807) is 11.3 Å². The summed E-state index contributed by atoms with van der Waals surface area (Å²) in [5, 5.41) is 4.39. The number of piperazine rings is 1. The van der Waals surface area contributed by atoms with E-state index in [4.69, 9.17) is 4.74 Å². The molecule has 5 nitrogen and oxygen atoms in total. The Morgan fingerprint density at radius 3 is 2.61 bits per heavy atom. The molecule has 3 heterocycles. The molecule has 0 aliphatic carbocycles. The normalized spacial score (nSPS) is 22.2. The molecule has 2 saturated heterocycles. The van der Waals surface area contributed by atoms with E-state index in [9.17, 15) is 4.79 Å². The molecule has 1 atom stereocenters. The predicted octanol–water partition coefficient (Wildman–Crippen LogP) is 1.16. The standard InChI is InChI=1S/C17H27N3O2S/c1-15(12-16-2-11-23-14-16)19-5-3-18(4-6-19)13-17(21)20-7-9-22-10-8-20/h2,11,14-15H,3-10,12-13H2,1H3/t15-/m1/s1. The molecule has 2 aliphatic heterocycles. The third-order valence-electron chi connectivity index (χ3n) is 4.86. The van der Waals surface area contributed by atoms with Gasteiger partial charge in [-0.2, -0.15) is 11.3 Å². The first kappa shape index (κ1) is 16.9. The number of morpholine rings is 1. The molecular formula is C17H27N3O2S. The van der Waals surface area contributed by atoms with Crippen LogP contribution in [0.2, 0.25) is 0 Å². The molecule has 0 spiro atoms. The molecule has 0 unspecified atom stereocenters. The van der Waals surface area contributed by atoms with E-state index in [0.29, 0.717) is 25.8 Å². The summed E-state index contributed by atoms with van der Waals surface area (Å²) in [5.74, 6) is 0.257. The molecule has 1 aromatic rings. The van der Waals surface area contributed by atoms with E-state index in [2.05, 4.69) is 33.6 Å². The van der Waals surface area contributed by atoms with Gasteiger partial charge in [0.25, 0.3) is 0 Å². The Labute approximate surface area is 142 Å². The molecule has 0 saturated carbocycles. The summed E-state index contributed by atoms with van der Waals surface area (Å²) in [6, 6.07) is 2.79. The van der Waals surface area contributed by atoms with Gasteiger partial charge < -0.3 is 9.64 Å². The number of ether oxygens (including phenoxy) is 1. The van der Waals surface area contributed by atoms with Crippen LogP contribution >= 0.6 is 11.3 Å². The Bertz CT molecular complexity index is 480. The lowest BCUT2D eigenvalue weighted by atomic mass is 10.1. The van der Waals surface area contributed by atoms with Gasteiger partial charge in [0.15, 0.2) is 0 Å². The zero-order chi connectivity index (χ0) is 16.1. The third kappa shape index (κ3) is 4.76. The minimum absolute atomic E-state index is 0.257. The maximum Gasteiger partial charge on any atom is 0.236 e. The van der Waals surface area contributed by atoms with Crippen molar-refractivity contribution in [3.05, 3.63) is 22.4 Å². The smallest absolute Gasteiger partial charge is 0.236 e. The molecule has 1 amide bonds. The van der Waals surface area contributed by atoms with Crippen LogP contribution in [0.25, 0.3) is 0 Å². The number of hydrogen-bond acceptors (Lipinski definition) is 5. The average Bonchev–Trinajstić information content (AvgIpc) is 3.09. The molecule has 0 radical (unpaired) electrons. The topological polar surface area (TPSA) is 36.0 Å². The largest absolute Gasteiger partial charge is 0.378 e. The van der Waals surface area contributed by atoms with E-state index < -0.39 is 0 Å². The second kappa shape index (κ2) is 8.24. The summed E-state index contributed by atoms with van der Waals surface area (Å²) in [4.78, 5) is 19.1. The van der Waals surface area contributed by atoms with Crippen molar-refractivity contribution < 1.29 is 9.53 Å². The molecule has 0 aromatic carbocycles. The number of rotatable bonds is 5. The Balaban J connectivity index is 1.40. The van der Waals surface area contributed by atoms with Gasteiger partial charge in [-0.3, -0.25) is 14.6 Å². The summed E-state index contributed by atoms with van der Waals surface area (Å²) >= 11 is 1.77. The van der Waals surface area contributed by atoms with Crippen molar-refractivity contribution in [1.29, 1.82) is 0 Å². The highest BCUT2D eigenvalue weighted by Gasteiger charge is 2.24. The van der Waals surface area contributed by atoms with Crippen LogP contribution in [0.4, 0.5) is 0 Å². The van der Waals surface area contributed by atoms with E-state index in [0.717, 1.165) is 45.7 Å². The number of nitrogens with zero attached hydrogens (tertiary/aromatic N) is 3. The van der Waals surface area contributed by atoms with Crippen LogP contribution in [0.3, 0.4) is 0 Å². The molecule has 128 valence electrons. The minimum Gasteiger partial charge on any atom is -0.378 e. The first-order valence-corrected chi connectivity index (χ1v) is 9.49. The van der Waals surface area contributed by atoms with Gasteiger partial charge >= 0.3 is 0 Å². The van der Waals surface area contributed by atoms with Gasteiger partial charge in [-0.1, -0.05) is 0 Å². The van der Waals surface area contributed by atoms with Gasteiger partial charge in [0, 0.05) is 45.3 Å². The highest BCUT2D eigenvalue weighted by molar-refractivity contribution is 7.07. The van der Waals surface area contributed by atoms with Crippen LogP contribution in [-0.4, -0.2) is 85.7 Å². The molecule has 2 fully saturated rings. The van der Waals surface area contributed by atoms with Crippen molar-refractivity contribution in [3.63, 3.8) is 0 Å². The monoisotopic (exact) mass is 337 g/mol. The Morgan fingerprint density at radius 2 is 1.96 bits per heavy atom. The summed E-state index contributed by atoms with van der Waals surface area (Å²) in [6.45, 7) is 9.82. The number of carbonyl (C=O) groups excluding carboxylic acids is 1. The van der Waals surface area contributed by atoms with Gasteiger partial charge in [-0.15, -0.1) is 0 Å². The van der Waals surface area contributed by atoms with Crippen molar-refractivity contribution >= 4 is 17.2 Å². The number of carbonyl (C=O) groups is 1. The third-order valence-corrected chi connectivity index (χ3v) is 5.60. The predicted molar refractivity (Wildman–Crippen MR) is 92.9 cm³/mol. The highest BCUT2D eigenvalue weighted by Crippen LogP contribution is 2.14. The molecule has 6 heteroatoms. The van der Waals surface area contributed by atoms with Gasteiger partial charge in [-0.05, 0) is 35.7 Å². The molecule has 23 heavy (non-hydrogen) atoms. The first-order chi connectivity index (χ1) is 11.2. The Kier molecular flexibility index (Phi) is 6.05. The lowest BCUT2D eigenvalue weighted by Gasteiger charge is -2.38. The van der Waals surface area contributed by atoms with E-state index in [1.165, 1.54) is 5.56 Å². The summed E-state index contributed by atoms with van der Waals surface area (Å²) in [6.07, 6.45) is 1.12. The van der Waals surface area contributed by atoms with Crippen LogP contribution in [0.15, 0.2) is 16.8 Å². The maximum absolute atomic E-state index is 12.3. The zero-order valence-electron chi connectivity index (χ0n) is 13.9. The van der Waals surface area contributed by atoms with E-state index in [-0.39, 0.29) is 5.91 Å². The van der Waals surface area contributed by atoms with Gasteiger partial charge in [-0.25, -0.2) is 0 Å². The minimum atomic E-state index is 0.257. The quantitative estimate of drug-likeness (QED) is 0.808. The second-order valence-corrected chi connectivity index (χ2v) is 7.27. The van der Waals surface area contributed by atoms with Crippen molar-refractivity contribution in [2.45, 2.75) is 19.4 Å². The van der Waals surface area contributed by atoms with E-state index in [1.807, 2.05) is 4.90 Å². The molecule has 2 aliphatic rings. The van der Waals surface area contributed by atoms with Gasteiger partial charge in [0.2, 0.25) is 5.91 Å². The number of thiophene rings is 1. The first-order valence-electron chi connectivity index (χ1n) is 8.55. The molecular weight excluding hydrogens is 310 g/mol. The van der Waals surface area contributed by atoms with Crippen LogP contribution in [0, 0.1) is 0 Å². The second-order valence-electron chi connectivity index (χ2n) is 6.49. The molecule has 1 aromatic heterocycles. The van der Waals surface area contributed by atoms with Crippen LogP contribution in [0.5, 0.6) is 0 Å². The maximum atomic E-state index is 12.3. The fraction of sp³-hybridized carbons (Fsp3) is 0.706. The molecule has 3 rings (SSSR count). The van der Waals surface area contributed by atoms with Crippen molar-refractivity contribution in [1.82, 2.24) is 14.7 Å². The SMILES string of the molecule is C[C@H](Cc1ccsc1)N1CCN(CC(=O)N2CCOCC2)CC1. The average molecular weight is 337 g/mol. The van der Waals surface area contributed by atoms with E-state index >= 15 is 0 Å². The van der Waals surface area contributed by atoms with Crippen LogP contribution in [-0.2, 0) is 16.0 Å². The highest BCUT2D eigenvalue weighted by atomic mass is 32.1. The van der Waals surface area contributed by atoms with Crippen LogP contribution < -0.4 is 0 Å². The lowest BCUT2D eigenvalue weighted by molar-refractivity contribution is -0.136. The summed E-state index contributed by atoms with van der Waals surface area (Å²) in [7, 11) is 0. The van der Waals surface area contributed by atoms with Crippen molar-refractivity contribution in [2.24, 2.45) is 0 Å². The van der Waals surface area contributed by atoms with Crippen molar-refractivity contribution in [2.75, 3.05) is 59.0 Å². The number of hydrogen-bond donors (Lipinski definition) is 0. The lowest BCUT2D eigenvalue weighted by Crippen LogP contribution is -2.53.